The number of anilines is 1. The fourth-order valence-corrected chi connectivity index (χ4v) is 1.79. The lowest BCUT2D eigenvalue weighted by atomic mass is 10.1. The van der Waals surface area contributed by atoms with Gasteiger partial charge in [0.1, 0.15) is 5.69 Å². The van der Waals surface area contributed by atoms with Gasteiger partial charge in [0.15, 0.2) is 11.5 Å². The number of hydrogen-bond donors (Lipinski definition) is 1. The lowest BCUT2D eigenvalue weighted by molar-refractivity contribution is 0.0594. The van der Waals surface area contributed by atoms with Crippen LogP contribution in [0.1, 0.15) is 16.2 Å². The Balaban J connectivity index is 2.67. The predicted molar refractivity (Wildman–Crippen MR) is 72.9 cm³/mol. The van der Waals surface area contributed by atoms with Crippen molar-refractivity contribution >= 4 is 23.3 Å². The van der Waals surface area contributed by atoms with Gasteiger partial charge < -0.3 is 10.5 Å². The Morgan fingerprint density at radius 1 is 1.45 bits per heavy atom. The SMILES string of the molecule is COC(=O)c1nc(-c2ccc(C)nc2)c(F)c(N)c1Cl. The highest BCUT2D eigenvalue weighted by atomic mass is 35.5. The fraction of sp³-hybridized carbons (Fsp3) is 0.154. The molecule has 2 N–H and O–H groups in total. The Hall–Kier alpha value is -2.21. The number of nitrogen functional groups attached to an aromatic ring is 1. The van der Waals surface area contributed by atoms with Gasteiger partial charge in [0.25, 0.3) is 0 Å². The van der Waals surface area contributed by atoms with E-state index in [9.17, 15) is 9.18 Å². The first kappa shape index (κ1) is 14.2. The number of hydrogen-bond acceptors (Lipinski definition) is 5. The van der Waals surface area contributed by atoms with Crippen molar-refractivity contribution in [2.24, 2.45) is 0 Å². The van der Waals surface area contributed by atoms with E-state index in [1.54, 1.807) is 19.1 Å². The van der Waals surface area contributed by atoms with Crippen molar-refractivity contribution in [1.82, 2.24) is 9.97 Å². The number of esters is 1. The summed E-state index contributed by atoms with van der Waals surface area (Å²) in [6.07, 6.45) is 1.44. The van der Waals surface area contributed by atoms with E-state index in [4.69, 9.17) is 17.3 Å². The second-order valence-electron chi connectivity index (χ2n) is 4.03. The number of pyridine rings is 2. The zero-order chi connectivity index (χ0) is 14.9. The molecule has 0 radical (unpaired) electrons. The molecular formula is C13H11ClFN3O2. The fourth-order valence-electron chi connectivity index (χ4n) is 1.59. The van der Waals surface area contributed by atoms with E-state index in [2.05, 4.69) is 14.7 Å². The molecule has 0 saturated heterocycles. The van der Waals surface area contributed by atoms with Crippen LogP contribution in [0.4, 0.5) is 10.1 Å². The average molecular weight is 296 g/mol. The monoisotopic (exact) mass is 295 g/mol. The molecule has 7 heteroatoms. The van der Waals surface area contributed by atoms with Gasteiger partial charge in [-0.15, -0.1) is 0 Å². The second-order valence-corrected chi connectivity index (χ2v) is 4.41. The topological polar surface area (TPSA) is 78.1 Å². The Kier molecular flexibility index (Phi) is 3.85. The molecule has 0 spiro atoms. The van der Waals surface area contributed by atoms with Crippen molar-refractivity contribution in [2.75, 3.05) is 12.8 Å². The zero-order valence-corrected chi connectivity index (χ0v) is 11.5. The van der Waals surface area contributed by atoms with Gasteiger partial charge in [-0.25, -0.2) is 14.2 Å². The summed E-state index contributed by atoms with van der Waals surface area (Å²) in [5, 5.41) is -0.266. The molecule has 0 aliphatic carbocycles. The Morgan fingerprint density at radius 2 is 2.15 bits per heavy atom. The van der Waals surface area contributed by atoms with E-state index in [-0.39, 0.29) is 22.1 Å². The summed E-state index contributed by atoms with van der Waals surface area (Å²) in [4.78, 5) is 19.5. The van der Waals surface area contributed by atoms with Gasteiger partial charge in [-0.05, 0) is 19.1 Å². The van der Waals surface area contributed by atoms with Crippen molar-refractivity contribution in [2.45, 2.75) is 6.92 Å². The van der Waals surface area contributed by atoms with Gasteiger partial charge in [0.2, 0.25) is 0 Å². The maximum atomic E-state index is 14.1. The molecule has 0 aromatic carbocycles. The number of nitrogens with two attached hydrogens (primary N) is 1. The molecule has 0 unspecified atom stereocenters. The number of rotatable bonds is 2. The minimum atomic E-state index is -0.798. The Morgan fingerprint density at radius 3 is 2.70 bits per heavy atom. The summed E-state index contributed by atoms with van der Waals surface area (Å²) in [7, 11) is 1.17. The minimum absolute atomic E-state index is 0.0974. The smallest absolute Gasteiger partial charge is 0.358 e. The van der Waals surface area contributed by atoms with Gasteiger partial charge >= 0.3 is 5.97 Å². The molecule has 0 aliphatic rings. The first-order valence-corrected chi connectivity index (χ1v) is 5.99. The van der Waals surface area contributed by atoms with E-state index >= 15 is 0 Å². The van der Waals surface area contributed by atoms with Crippen LogP contribution in [0.2, 0.25) is 5.02 Å². The van der Waals surface area contributed by atoms with Crippen LogP contribution in [0, 0.1) is 12.7 Å². The molecule has 0 saturated carbocycles. The maximum absolute atomic E-state index is 14.1. The number of halogens is 2. The molecule has 0 amide bonds. The van der Waals surface area contributed by atoms with E-state index in [1.165, 1.54) is 13.3 Å². The first-order chi connectivity index (χ1) is 9.45. The van der Waals surface area contributed by atoms with Crippen LogP contribution in [-0.4, -0.2) is 23.0 Å². The molecule has 2 rings (SSSR count). The minimum Gasteiger partial charge on any atom is -0.464 e. The van der Waals surface area contributed by atoms with Crippen LogP contribution in [0.25, 0.3) is 11.3 Å². The molecule has 0 bridgehead atoms. The quantitative estimate of drug-likeness (QED) is 0.862. The van der Waals surface area contributed by atoms with E-state index in [0.717, 1.165) is 5.69 Å². The Labute approximate surface area is 119 Å². The van der Waals surface area contributed by atoms with Crippen LogP contribution >= 0.6 is 11.6 Å². The molecule has 104 valence electrons. The van der Waals surface area contributed by atoms with Crippen molar-refractivity contribution in [3.8, 4) is 11.3 Å². The average Bonchev–Trinajstić information content (AvgIpc) is 2.45. The molecule has 0 aliphatic heterocycles. The maximum Gasteiger partial charge on any atom is 0.358 e. The largest absolute Gasteiger partial charge is 0.464 e. The molecule has 2 aromatic heterocycles. The predicted octanol–water partition coefficient (Wildman–Crippen LogP) is 2.61. The highest BCUT2D eigenvalue weighted by Gasteiger charge is 2.22. The standard InChI is InChI=1S/C13H11ClFN3O2/c1-6-3-4-7(5-17-6)11-9(15)10(16)8(14)12(18-11)13(19)20-2/h3-5H,1-2H3,(H2,16,18). The number of aryl methyl sites for hydroxylation is 1. The van der Waals surface area contributed by atoms with Crippen molar-refractivity contribution in [3.63, 3.8) is 0 Å². The molecule has 20 heavy (non-hydrogen) atoms. The first-order valence-electron chi connectivity index (χ1n) is 5.61. The van der Waals surface area contributed by atoms with Gasteiger partial charge in [-0.2, -0.15) is 0 Å². The normalized spacial score (nSPS) is 10.4. The summed E-state index contributed by atoms with van der Waals surface area (Å²) in [6.45, 7) is 1.80. The lowest BCUT2D eigenvalue weighted by Gasteiger charge is -2.10. The van der Waals surface area contributed by atoms with Crippen LogP contribution in [0.3, 0.4) is 0 Å². The van der Waals surface area contributed by atoms with Gasteiger partial charge in [-0.3, -0.25) is 4.98 Å². The highest BCUT2D eigenvalue weighted by molar-refractivity contribution is 6.35. The number of aromatic nitrogens is 2. The Bertz CT molecular complexity index is 674. The van der Waals surface area contributed by atoms with E-state index in [1.807, 2.05) is 0 Å². The number of ether oxygens (including phenoxy) is 1. The molecule has 0 fully saturated rings. The number of carbonyl (C=O) groups is 1. The highest BCUT2D eigenvalue weighted by Crippen LogP contribution is 2.32. The van der Waals surface area contributed by atoms with Crippen LogP contribution in [0.15, 0.2) is 18.3 Å². The molecule has 0 atom stereocenters. The second kappa shape index (κ2) is 5.42. The zero-order valence-electron chi connectivity index (χ0n) is 10.8. The molecule has 2 aromatic rings. The third-order valence-electron chi connectivity index (χ3n) is 2.68. The third kappa shape index (κ3) is 2.42. The van der Waals surface area contributed by atoms with Gasteiger partial charge in [0, 0.05) is 17.5 Å². The van der Waals surface area contributed by atoms with Crippen LogP contribution < -0.4 is 5.73 Å². The van der Waals surface area contributed by atoms with Crippen LogP contribution in [0.5, 0.6) is 0 Å². The molecule has 2 heterocycles. The summed E-state index contributed by atoms with van der Waals surface area (Å²) in [5.41, 5.74) is 6.05. The number of carbonyl (C=O) groups excluding carboxylic acids is 1. The summed E-state index contributed by atoms with van der Waals surface area (Å²) < 4.78 is 18.7. The van der Waals surface area contributed by atoms with Crippen LogP contribution in [-0.2, 0) is 4.74 Å². The number of nitrogens with zero attached hydrogens (tertiary/aromatic N) is 2. The summed E-state index contributed by atoms with van der Waals surface area (Å²) >= 11 is 5.81. The van der Waals surface area contributed by atoms with Crippen molar-refractivity contribution < 1.29 is 13.9 Å². The summed E-state index contributed by atoms with van der Waals surface area (Å²) in [6, 6.07) is 3.32. The van der Waals surface area contributed by atoms with E-state index in [0.29, 0.717) is 5.56 Å². The van der Waals surface area contributed by atoms with Gasteiger partial charge in [-0.1, -0.05) is 11.6 Å². The lowest BCUT2D eigenvalue weighted by Crippen LogP contribution is -2.10. The van der Waals surface area contributed by atoms with Crippen molar-refractivity contribution in [3.05, 3.63) is 40.6 Å². The van der Waals surface area contributed by atoms with Gasteiger partial charge in [0.05, 0.1) is 17.8 Å². The van der Waals surface area contributed by atoms with Crippen molar-refractivity contribution in [1.29, 1.82) is 0 Å². The molecular weight excluding hydrogens is 285 g/mol. The van der Waals surface area contributed by atoms with E-state index < -0.39 is 11.8 Å². The third-order valence-corrected chi connectivity index (χ3v) is 3.06. The molecule has 5 nitrogen and oxygen atoms in total. The number of methoxy groups -OCH3 is 1. The summed E-state index contributed by atoms with van der Waals surface area (Å²) in [5.74, 6) is -1.59.